The number of aromatic nitrogens is 1. The maximum Gasteiger partial charge on any atom is 0.357 e. The van der Waals surface area contributed by atoms with Crippen LogP contribution in [0, 0.1) is 11.3 Å². The molecule has 102 valence electrons. The van der Waals surface area contributed by atoms with Gasteiger partial charge in [-0.15, -0.1) is 11.3 Å². The molecule has 0 aliphatic heterocycles. The molecule has 0 atom stereocenters. The number of nitrogens with one attached hydrogen (secondary N) is 1. The zero-order valence-corrected chi connectivity index (χ0v) is 11.7. The minimum absolute atomic E-state index is 0.264. The van der Waals surface area contributed by atoms with Gasteiger partial charge in [0.1, 0.15) is 0 Å². The monoisotopic (exact) mass is 287 g/mol. The van der Waals surface area contributed by atoms with Crippen LogP contribution < -0.4 is 5.32 Å². The molecular formula is C14H13N3O2S. The topological polar surface area (TPSA) is 75.0 Å². The Balaban J connectivity index is 1.86. The van der Waals surface area contributed by atoms with E-state index in [2.05, 4.69) is 16.4 Å². The van der Waals surface area contributed by atoms with Crippen LogP contribution in [0.5, 0.6) is 0 Å². The van der Waals surface area contributed by atoms with Crippen molar-refractivity contribution < 1.29 is 9.53 Å². The standard InChI is InChI=1S/C14H13N3O2S/c1-16-14-17-12(9-20-14)13(18)19-6-5-10-3-2-4-11(7-10)8-15/h2-4,7,9H,5-6H2,1H3,(H,16,17). The van der Waals surface area contributed by atoms with Gasteiger partial charge in [0.25, 0.3) is 0 Å². The molecule has 1 aromatic carbocycles. The predicted molar refractivity (Wildman–Crippen MR) is 76.8 cm³/mol. The van der Waals surface area contributed by atoms with Gasteiger partial charge < -0.3 is 10.1 Å². The summed E-state index contributed by atoms with van der Waals surface area (Å²) in [5.41, 5.74) is 1.88. The van der Waals surface area contributed by atoms with Crippen LogP contribution in [-0.4, -0.2) is 24.6 Å². The number of nitrogens with zero attached hydrogens (tertiary/aromatic N) is 2. The second kappa shape index (κ2) is 6.68. The third-order valence-electron chi connectivity index (χ3n) is 2.61. The molecule has 1 heterocycles. The van der Waals surface area contributed by atoms with Crippen molar-refractivity contribution in [2.75, 3.05) is 19.0 Å². The molecule has 0 amide bonds. The number of ether oxygens (including phenoxy) is 1. The quantitative estimate of drug-likeness (QED) is 0.855. The first-order valence-corrected chi connectivity index (χ1v) is 6.90. The molecule has 2 rings (SSSR count). The molecule has 0 unspecified atom stereocenters. The lowest BCUT2D eigenvalue weighted by Gasteiger charge is -2.03. The van der Waals surface area contributed by atoms with Crippen molar-refractivity contribution in [2.45, 2.75) is 6.42 Å². The lowest BCUT2D eigenvalue weighted by molar-refractivity contribution is 0.0503. The second-order valence-electron chi connectivity index (χ2n) is 3.99. The molecule has 1 N–H and O–H groups in total. The van der Waals surface area contributed by atoms with Gasteiger partial charge in [0.2, 0.25) is 0 Å². The Hall–Kier alpha value is -2.39. The van der Waals surface area contributed by atoms with E-state index >= 15 is 0 Å². The fraction of sp³-hybridized carbons (Fsp3) is 0.214. The van der Waals surface area contributed by atoms with Gasteiger partial charge in [-0.05, 0) is 17.7 Å². The van der Waals surface area contributed by atoms with E-state index in [0.29, 0.717) is 22.8 Å². The molecule has 6 heteroatoms. The van der Waals surface area contributed by atoms with Crippen molar-refractivity contribution >= 4 is 22.4 Å². The van der Waals surface area contributed by atoms with E-state index < -0.39 is 5.97 Å². The Bertz CT molecular complexity index is 646. The number of benzene rings is 1. The number of carbonyl (C=O) groups excluding carboxylic acids is 1. The number of nitriles is 1. The lowest BCUT2D eigenvalue weighted by atomic mass is 10.1. The van der Waals surface area contributed by atoms with Crippen LogP contribution >= 0.6 is 11.3 Å². The summed E-state index contributed by atoms with van der Waals surface area (Å²) >= 11 is 1.35. The number of hydrogen-bond donors (Lipinski definition) is 1. The molecule has 1 aromatic heterocycles. The Kier molecular flexibility index (Phi) is 4.69. The van der Waals surface area contributed by atoms with Gasteiger partial charge in [-0.1, -0.05) is 12.1 Å². The van der Waals surface area contributed by atoms with E-state index in [1.165, 1.54) is 11.3 Å². The van der Waals surface area contributed by atoms with Crippen LogP contribution in [0.4, 0.5) is 5.13 Å². The second-order valence-corrected chi connectivity index (χ2v) is 4.84. The Morgan fingerprint density at radius 3 is 3.10 bits per heavy atom. The Morgan fingerprint density at radius 2 is 2.40 bits per heavy atom. The fourth-order valence-electron chi connectivity index (χ4n) is 1.61. The fourth-order valence-corrected chi connectivity index (χ4v) is 2.26. The summed E-state index contributed by atoms with van der Waals surface area (Å²) in [6.07, 6.45) is 0.574. The number of anilines is 1. The number of thiazole rings is 1. The Labute approximate surface area is 120 Å². The normalized spacial score (nSPS) is 9.80. The van der Waals surface area contributed by atoms with E-state index in [1.807, 2.05) is 12.1 Å². The van der Waals surface area contributed by atoms with Crippen molar-refractivity contribution in [3.63, 3.8) is 0 Å². The zero-order chi connectivity index (χ0) is 14.4. The highest BCUT2D eigenvalue weighted by Crippen LogP contribution is 2.15. The molecule has 0 bridgehead atoms. The number of rotatable bonds is 5. The third-order valence-corrected chi connectivity index (χ3v) is 3.47. The van der Waals surface area contributed by atoms with Gasteiger partial charge in [0, 0.05) is 18.8 Å². The third kappa shape index (κ3) is 3.56. The maximum absolute atomic E-state index is 11.7. The van der Waals surface area contributed by atoms with Gasteiger partial charge in [0.15, 0.2) is 10.8 Å². The van der Waals surface area contributed by atoms with E-state index in [1.54, 1.807) is 24.6 Å². The van der Waals surface area contributed by atoms with Crippen LogP contribution in [0.25, 0.3) is 0 Å². The van der Waals surface area contributed by atoms with Crippen molar-refractivity contribution in [1.82, 2.24) is 4.98 Å². The highest BCUT2D eigenvalue weighted by Gasteiger charge is 2.11. The molecule has 0 saturated carbocycles. The van der Waals surface area contributed by atoms with E-state index in [0.717, 1.165) is 5.56 Å². The van der Waals surface area contributed by atoms with Gasteiger partial charge in [-0.3, -0.25) is 0 Å². The molecule has 0 radical (unpaired) electrons. The first-order valence-electron chi connectivity index (χ1n) is 6.02. The van der Waals surface area contributed by atoms with Crippen molar-refractivity contribution in [3.05, 3.63) is 46.5 Å². The highest BCUT2D eigenvalue weighted by molar-refractivity contribution is 7.13. The average molecular weight is 287 g/mol. The van der Waals surface area contributed by atoms with Crippen molar-refractivity contribution in [2.24, 2.45) is 0 Å². The van der Waals surface area contributed by atoms with Crippen LogP contribution in [0.2, 0.25) is 0 Å². The minimum atomic E-state index is -0.431. The molecule has 0 aliphatic carbocycles. The first-order chi connectivity index (χ1) is 9.72. The maximum atomic E-state index is 11.7. The molecule has 0 aliphatic rings. The van der Waals surface area contributed by atoms with Crippen LogP contribution in [-0.2, 0) is 11.2 Å². The summed E-state index contributed by atoms with van der Waals surface area (Å²) in [5, 5.41) is 14.0. The van der Waals surface area contributed by atoms with Crippen LogP contribution in [0.3, 0.4) is 0 Å². The average Bonchev–Trinajstić information content (AvgIpc) is 2.96. The van der Waals surface area contributed by atoms with Gasteiger partial charge in [-0.2, -0.15) is 5.26 Å². The summed E-state index contributed by atoms with van der Waals surface area (Å²) < 4.78 is 5.16. The van der Waals surface area contributed by atoms with E-state index in [4.69, 9.17) is 10.00 Å². The number of hydrogen-bond acceptors (Lipinski definition) is 6. The van der Waals surface area contributed by atoms with Crippen molar-refractivity contribution in [3.8, 4) is 6.07 Å². The lowest BCUT2D eigenvalue weighted by Crippen LogP contribution is -2.08. The first kappa shape index (κ1) is 14.0. The van der Waals surface area contributed by atoms with E-state index in [-0.39, 0.29) is 6.61 Å². The summed E-state index contributed by atoms with van der Waals surface area (Å²) in [4.78, 5) is 15.8. The summed E-state index contributed by atoms with van der Waals surface area (Å²) in [5.74, 6) is -0.431. The van der Waals surface area contributed by atoms with E-state index in [9.17, 15) is 4.79 Å². The molecular weight excluding hydrogens is 274 g/mol. The SMILES string of the molecule is CNc1nc(C(=O)OCCc2cccc(C#N)c2)cs1. The molecule has 2 aromatic rings. The molecule has 0 spiro atoms. The number of esters is 1. The van der Waals surface area contributed by atoms with Gasteiger partial charge in [-0.25, -0.2) is 9.78 Å². The minimum Gasteiger partial charge on any atom is -0.461 e. The molecule has 5 nitrogen and oxygen atoms in total. The largest absolute Gasteiger partial charge is 0.461 e. The highest BCUT2D eigenvalue weighted by atomic mass is 32.1. The van der Waals surface area contributed by atoms with Gasteiger partial charge in [0.05, 0.1) is 18.2 Å². The molecule has 0 saturated heterocycles. The summed E-state index contributed by atoms with van der Waals surface area (Å²) in [6, 6.07) is 9.32. The molecule has 20 heavy (non-hydrogen) atoms. The van der Waals surface area contributed by atoms with Crippen molar-refractivity contribution in [1.29, 1.82) is 5.26 Å². The van der Waals surface area contributed by atoms with Crippen LogP contribution in [0.15, 0.2) is 29.6 Å². The zero-order valence-electron chi connectivity index (χ0n) is 10.9. The Morgan fingerprint density at radius 1 is 1.55 bits per heavy atom. The smallest absolute Gasteiger partial charge is 0.357 e. The van der Waals surface area contributed by atoms with Crippen LogP contribution in [0.1, 0.15) is 21.6 Å². The summed E-state index contributed by atoms with van der Waals surface area (Å²) in [6.45, 7) is 0.264. The van der Waals surface area contributed by atoms with Gasteiger partial charge >= 0.3 is 5.97 Å². The molecule has 0 fully saturated rings. The number of carbonyl (C=O) groups is 1. The predicted octanol–water partition coefficient (Wildman–Crippen LogP) is 2.46. The summed E-state index contributed by atoms with van der Waals surface area (Å²) in [7, 11) is 1.75.